The highest BCUT2D eigenvalue weighted by molar-refractivity contribution is 6.17. The third-order valence-electron chi connectivity index (χ3n) is 2.19. The lowest BCUT2D eigenvalue weighted by molar-refractivity contribution is 0.146. The van der Waals surface area contributed by atoms with Crippen molar-refractivity contribution >= 4 is 11.6 Å². The topological polar surface area (TPSA) is 21.3 Å². The number of ether oxygens (including phenoxy) is 1. The number of halogens is 3. The second kappa shape index (κ2) is 8.39. The van der Waals surface area contributed by atoms with Gasteiger partial charge in [0.2, 0.25) is 0 Å². The number of alkyl halides is 1. The molecule has 5 heteroatoms. The van der Waals surface area contributed by atoms with Crippen molar-refractivity contribution in [1.29, 1.82) is 0 Å². The van der Waals surface area contributed by atoms with Gasteiger partial charge in [0.05, 0.1) is 6.61 Å². The molecule has 17 heavy (non-hydrogen) atoms. The minimum absolute atomic E-state index is 0.319. The van der Waals surface area contributed by atoms with E-state index in [1.807, 2.05) is 0 Å². The summed E-state index contributed by atoms with van der Waals surface area (Å²) in [4.78, 5) is 0. The summed E-state index contributed by atoms with van der Waals surface area (Å²) in [6, 6.07) is 3.45. The van der Waals surface area contributed by atoms with Crippen LogP contribution in [0.25, 0.3) is 0 Å². The number of benzene rings is 1. The molecule has 1 rings (SSSR count). The zero-order chi connectivity index (χ0) is 12.5. The Balaban J connectivity index is 2.15. The Hall–Kier alpha value is -0.710. The van der Waals surface area contributed by atoms with Crippen LogP contribution in [0.2, 0.25) is 0 Å². The molecule has 0 aliphatic carbocycles. The Morgan fingerprint density at radius 2 is 2.06 bits per heavy atom. The van der Waals surface area contributed by atoms with Gasteiger partial charge in [-0.2, -0.15) is 0 Å². The SMILES string of the molecule is Fc1ccc(F)c(CNCCCOCCCl)c1. The van der Waals surface area contributed by atoms with Crippen LogP contribution in [-0.4, -0.2) is 25.6 Å². The molecule has 0 atom stereocenters. The second-order valence-corrected chi connectivity index (χ2v) is 3.95. The summed E-state index contributed by atoms with van der Waals surface area (Å²) in [5.41, 5.74) is 0.340. The fourth-order valence-electron chi connectivity index (χ4n) is 1.36. The largest absolute Gasteiger partial charge is 0.380 e. The van der Waals surface area contributed by atoms with E-state index in [0.29, 0.717) is 37.7 Å². The van der Waals surface area contributed by atoms with Crippen molar-refractivity contribution in [3.8, 4) is 0 Å². The van der Waals surface area contributed by atoms with Gasteiger partial charge in [-0.1, -0.05) is 0 Å². The minimum Gasteiger partial charge on any atom is -0.380 e. The Kier molecular flexibility index (Phi) is 7.08. The fourth-order valence-corrected chi connectivity index (χ4v) is 1.47. The molecule has 0 fully saturated rings. The van der Waals surface area contributed by atoms with Crippen molar-refractivity contribution in [1.82, 2.24) is 5.32 Å². The summed E-state index contributed by atoms with van der Waals surface area (Å²) >= 11 is 5.44. The summed E-state index contributed by atoms with van der Waals surface area (Å²) in [5.74, 6) is -0.326. The zero-order valence-electron chi connectivity index (χ0n) is 9.52. The molecule has 0 spiro atoms. The molecule has 0 radical (unpaired) electrons. The van der Waals surface area contributed by atoms with E-state index in [0.717, 1.165) is 18.6 Å². The average Bonchev–Trinajstić information content (AvgIpc) is 2.32. The summed E-state index contributed by atoms with van der Waals surface area (Å²) < 4.78 is 31.2. The van der Waals surface area contributed by atoms with Gasteiger partial charge in [-0.05, 0) is 31.2 Å². The lowest BCUT2D eigenvalue weighted by Gasteiger charge is -2.06. The van der Waals surface area contributed by atoms with E-state index in [1.54, 1.807) is 0 Å². The van der Waals surface area contributed by atoms with Gasteiger partial charge in [0, 0.05) is 24.6 Å². The quantitative estimate of drug-likeness (QED) is 0.575. The lowest BCUT2D eigenvalue weighted by Crippen LogP contribution is -2.17. The van der Waals surface area contributed by atoms with Crippen LogP contribution in [0.5, 0.6) is 0 Å². The van der Waals surface area contributed by atoms with Gasteiger partial charge in [-0.25, -0.2) is 8.78 Å². The highest BCUT2D eigenvalue weighted by Crippen LogP contribution is 2.08. The van der Waals surface area contributed by atoms with Crippen LogP contribution in [0.1, 0.15) is 12.0 Å². The maximum absolute atomic E-state index is 13.2. The minimum atomic E-state index is -0.423. The van der Waals surface area contributed by atoms with Crippen molar-refractivity contribution in [3.05, 3.63) is 35.4 Å². The standard InChI is InChI=1S/C12H16ClF2NO/c13-4-7-17-6-1-5-16-9-10-8-11(14)2-3-12(10)15/h2-3,8,16H,1,4-7,9H2. The van der Waals surface area contributed by atoms with Gasteiger partial charge in [-0.3, -0.25) is 0 Å². The first-order chi connectivity index (χ1) is 8.24. The van der Waals surface area contributed by atoms with Crippen LogP contribution in [-0.2, 0) is 11.3 Å². The first-order valence-electron chi connectivity index (χ1n) is 5.52. The van der Waals surface area contributed by atoms with Crippen molar-refractivity contribution in [2.24, 2.45) is 0 Å². The van der Waals surface area contributed by atoms with E-state index in [2.05, 4.69) is 5.32 Å². The van der Waals surface area contributed by atoms with E-state index in [-0.39, 0.29) is 0 Å². The number of rotatable bonds is 8. The number of nitrogens with one attached hydrogen (secondary N) is 1. The van der Waals surface area contributed by atoms with Gasteiger partial charge < -0.3 is 10.1 Å². The zero-order valence-corrected chi connectivity index (χ0v) is 10.3. The summed E-state index contributed by atoms with van der Waals surface area (Å²) in [6.07, 6.45) is 0.813. The highest BCUT2D eigenvalue weighted by atomic mass is 35.5. The van der Waals surface area contributed by atoms with Crippen molar-refractivity contribution in [3.63, 3.8) is 0 Å². The molecule has 1 N–H and O–H groups in total. The van der Waals surface area contributed by atoms with Crippen molar-refractivity contribution in [2.75, 3.05) is 25.6 Å². The first-order valence-corrected chi connectivity index (χ1v) is 6.06. The molecular formula is C12H16ClF2NO. The van der Waals surface area contributed by atoms with Gasteiger partial charge in [0.25, 0.3) is 0 Å². The molecule has 0 amide bonds. The normalized spacial score (nSPS) is 10.8. The van der Waals surface area contributed by atoms with Crippen LogP contribution in [0, 0.1) is 11.6 Å². The molecule has 0 unspecified atom stereocenters. The first kappa shape index (κ1) is 14.4. The van der Waals surface area contributed by atoms with Gasteiger partial charge in [-0.15, -0.1) is 11.6 Å². The Morgan fingerprint density at radius 1 is 1.24 bits per heavy atom. The molecule has 0 heterocycles. The molecule has 0 aliphatic heterocycles. The molecule has 0 saturated heterocycles. The third-order valence-corrected chi connectivity index (χ3v) is 2.34. The predicted molar refractivity (Wildman–Crippen MR) is 64.2 cm³/mol. The van der Waals surface area contributed by atoms with Crippen LogP contribution in [0.3, 0.4) is 0 Å². The average molecular weight is 264 g/mol. The third kappa shape index (κ3) is 5.96. The molecule has 0 saturated carbocycles. The number of hydrogen-bond donors (Lipinski definition) is 1. The second-order valence-electron chi connectivity index (χ2n) is 3.57. The summed E-state index contributed by atoms with van der Waals surface area (Å²) in [7, 11) is 0. The highest BCUT2D eigenvalue weighted by Gasteiger charge is 2.02. The number of hydrogen-bond acceptors (Lipinski definition) is 2. The molecule has 1 aromatic carbocycles. The Bertz CT molecular complexity index is 336. The molecule has 1 aromatic rings. The van der Waals surface area contributed by atoms with E-state index in [1.165, 1.54) is 6.07 Å². The van der Waals surface area contributed by atoms with Crippen LogP contribution < -0.4 is 5.32 Å². The summed E-state index contributed by atoms with van der Waals surface area (Å²) in [5, 5.41) is 3.03. The van der Waals surface area contributed by atoms with Gasteiger partial charge in [0.15, 0.2) is 0 Å². The maximum Gasteiger partial charge on any atom is 0.127 e. The van der Waals surface area contributed by atoms with E-state index in [9.17, 15) is 8.78 Å². The molecule has 0 bridgehead atoms. The van der Waals surface area contributed by atoms with Crippen LogP contribution in [0.4, 0.5) is 8.78 Å². The molecule has 2 nitrogen and oxygen atoms in total. The van der Waals surface area contributed by atoms with Gasteiger partial charge in [0.1, 0.15) is 11.6 Å². The predicted octanol–water partition coefficient (Wildman–Crippen LogP) is 2.70. The summed E-state index contributed by atoms with van der Waals surface area (Å²) in [6.45, 7) is 2.17. The fraction of sp³-hybridized carbons (Fsp3) is 0.500. The van der Waals surface area contributed by atoms with Crippen molar-refractivity contribution in [2.45, 2.75) is 13.0 Å². The van der Waals surface area contributed by atoms with E-state index < -0.39 is 11.6 Å². The molecular weight excluding hydrogens is 248 g/mol. The van der Waals surface area contributed by atoms with Crippen LogP contribution >= 0.6 is 11.6 Å². The van der Waals surface area contributed by atoms with E-state index in [4.69, 9.17) is 16.3 Å². The molecule has 0 aromatic heterocycles. The molecule has 0 aliphatic rings. The van der Waals surface area contributed by atoms with Crippen molar-refractivity contribution < 1.29 is 13.5 Å². The molecule has 96 valence electrons. The maximum atomic E-state index is 13.2. The Labute approximate surface area is 105 Å². The lowest BCUT2D eigenvalue weighted by atomic mass is 10.2. The smallest absolute Gasteiger partial charge is 0.127 e. The van der Waals surface area contributed by atoms with E-state index >= 15 is 0 Å². The monoisotopic (exact) mass is 263 g/mol. The Morgan fingerprint density at radius 3 is 2.82 bits per heavy atom. The van der Waals surface area contributed by atoms with Gasteiger partial charge >= 0.3 is 0 Å². The van der Waals surface area contributed by atoms with Crippen LogP contribution in [0.15, 0.2) is 18.2 Å².